The summed E-state index contributed by atoms with van der Waals surface area (Å²) in [4.78, 5) is 5.02. The molecule has 0 saturated heterocycles. The molecule has 1 aliphatic carbocycles. The lowest BCUT2D eigenvalue weighted by Gasteiger charge is -2.09. The molecule has 2 aromatic rings. The molecule has 0 amide bonds. The smallest absolute Gasteiger partial charge is 0.251 e. The molecule has 3 nitrogen and oxygen atoms in total. The van der Waals surface area contributed by atoms with E-state index in [0.29, 0.717) is 24.8 Å². The van der Waals surface area contributed by atoms with Gasteiger partial charge >= 0.3 is 0 Å². The summed E-state index contributed by atoms with van der Waals surface area (Å²) in [6.07, 6.45) is 3.97. The molecule has 0 unspecified atom stereocenters. The van der Waals surface area contributed by atoms with Crippen LogP contribution >= 0.6 is 11.3 Å². The van der Waals surface area contributed by atoms with Gasteiger partial charge in [-0.25, -0.2) is 9.37 Å². The molecule has 0 atom stereocenters. The highest BCUT2D eigenvalue weighted by molar-refractivity contribution is 7.09. The third-order valence-electron chi connectivity index (χ3n) is 3.03. The van der Waals surface area contributed by atoms with Gasteiger partial charge in [-0.1, -0.05) is 6.07 Å². The maximum atomic E-state index is 14.1. The van der Waals surface area contributed by atoms with Crippen molar-refractivity contribution in [2.75, 3.05) is 0 Å². The summed E-state index contributed by atoms with van der Waals surface area (Å²) in [5, 5.41) is 5.26. The molecule has 2 heterocycles. The van der Waals surface area contributed by atoms with Crippen molar-refractivity contribution < 1.29 is 9.13 Å². The summed E-state index contributed by atoms with van der Waals surface area (Å²) < 4.78 is 19.6. The van der Waals surface area contributed by atoms with Gasteiger partial charge in [0.1, 0.15) is 6.61 Å². The molecular weight excluding hydrogens is 263 g/mol. The van der Waals surface area contributed by atoms with Gasteiger partial charge in [0.25, 0.3) is 5.88 Å². The fourth-order valence-electron chi connectivity index (χ4n) is 1.78. The second-order valence-corrected chi connectivity index (χ2v) is 5.64. The van der Waals surface area contributed by atoms with Crippen molar-refractivity contribution >= 4 is 11.3 Å². The Bertz CT molecular complexity index is 540. The summed E-state index contributed by atoms with van der Waals surface area (Å²) in [6.45, 7) is 0.898. The highest BCUT2D eigenvalue weighted by Gasteiger charge is 2.21. The molecule has 100 valence electrons. The first-order valence-electron chi connectivity index (χ1n) is 6.35. The van der Waals surface area contributed by atoms with Crippen molar-refractivity contribution in [2.45, 2.75) is 32.0 Å². The predicted molar refractivity (Wildman–Crippen MR) is 72.7 cm³/mol. The Hall–Kier alpha value is -1.46. The number of nitrogens with one attached hydrogen (secondary N) is 1. The monoisotopic (exact) mass is 278 g/mol. The molecule has 0 bridgehead atoms. The quantitative estimate of drug-likeness (QED) is 0.881. The lowest BCUT2D eigenvalue weighted by molar-refractivity contribution is 0.279. The average Bonchev–Trinajstić information content (AvgIpc) is 3.10. The Morgan fingerprint density at radius 3 is 3.05 bits per heavy atom. The van der Waals surface area contributed by atoms with E-state index in [2.05, 4.69) is 10.3 Å². The van der Waals surface area contributed by atoms with E-state index in [1.807, 2.05) is 17.5 Å². The molecule has 0 aliphatic heterocycles. The summed E-state index contributed by atoms with van der Waals surface area (Å²) in [7, 11) is 0. The lowest BCUT2D eigenvalue weighted by Crippen LogP contribution is -2.16. The number of hydrogen-bond acceptors (Lipinski definition) is 4. The molecule has 1 aliphatic rings. The van der Waals surface area contributed by atoms with Gasteiger partial charge in [-0.15, -0.1) is 11.3 Å². The van der Waals surface area contributed by atoms with Gasteiger partial charge in [0, 0.05) is 29.2 Å². The number of hydrogen-bond donors (Lipinski definition) is 1. The highest BCUT2D eigenvalue weighted by atomic mass is 32.1. The molecule has 1 saturated carbocycles. The Morgan fingerprint density at radius 2 is 2.32 bits per heavy atom. The summed E-state index contributed by atoms with van der Waals surface area (Å²) in [5.74, 6) is -0.268. The van der Waals surface area contributed by atoms with Crippen LogP contribution in [0.25, 0.3) is 0 Å². The minimum absolute atomic E-state index is 0.0866. The number of ether oxygens (including phenoxy) is 1. The minimum atomic E-state index is -0.354. The summed E-state index contributed by atoms with van der Waals surface area (Å²) in [6, 6.07) is 6.16. The fourth-order valence-corrected chi connectivity index (χ4v) is 2.39. The van der Waals surface area contributed by atoms with Crippen LogP contribution in [0.1, 0.15) is 23.3 Å². The van der Waals surface area contributed by atoms with Crippen molar-refractivity contribution in [2.24, 2.45) is 0 Å². The van der Waals surface area contributed by atoms with Gasteiger partial charge in [0.2, 0.25) is 0 Å². The zero-order valence-electron chi connectivity index (χ0n) is 10.4. The van der Waals surface area contributed by atoms with Gasteiger partial charge in [-0.2, -0.15) is 0 Å². The fraction of sp³-hybridized carbons (Fsp3) is 0.357. The molecule has 19 heavy (non-hydrogen) atoms. The van der Waals surface area contributed by atoms with E-state index >= 15 is 0 Å². The molecule has 2 aromatic heterocycles. The molecule has 1 N–H and O–H groups in total. The molecule has 0 spiro atoms. The van der Waals surface area contributed by atoms with E-state index in [1.165, 1.54) is 12.8 Å². The van der Waals surface area contributed by atoms with Crippen molar-refractivity contribution in [1.29, 1.82) is 0 Å². The summed E-state index contributed by atoms with van der Waals surface area (Å²) in [5.41, 5.74) is 0.614. The van der Waals surface area contributed by atoms with E-state index < -0.39 is 0 Å². The second kappa shape index (κ2) is 5.67. The molecule has 3 rings (SSSR count). The minimum Gasteiger partial charge on any atom is -0.470 e. The van der Waals surface area contributed by atoms with Crippen LogP contribution in [-0.4, -0.2) is 11.0 Å². The third-order valence-corrected chi connectivity index (χ3v) is 3.88. The lowest BCUT2D eigenvalue weighted by atomic mass is 10.2. The van der Waals surface area contributed by atoms with Crippen molar-refractivity contribution in [3.8, 4) is 5.88 Å². The van der Waals surface area contributed by atoms with Crippen LogP contribution in [-0.2, 0) is 13.2 Å². The number of thiophene rings is 1. The highest BCUT2D eigenvalue weighted by Crippen LogP contribution is 2.22. The number of rotatable bonds is 6. The molecule has 0 radical (unpaired) electrons. The molecule has 0 aromatic carbocycles. The molecular formula is C14H15FN2OS. The van der Waals surface area contributed by atoms with Gasteiger partial charge in [-0.05, 0) is 30.4 Å². The largest absolute Gasteiger partial charge is 0.470 e. The first-order chi connectivity index (χ1) is 9.33. The number of aromatic nitrogens is 1. The zero-order chi connectivity index (χ0) is 13.1. The Morgan fingerprint density at radius 1 is 1.42 bits per heavy atom. The van der Waals surface area contributed by atoms with Crippen molar-refractivity contribution in [1.82, 2.24) is 10.3 Å². The topological polar surface area (TPSA) is 34.2 Å². The van der Waals surface area contributed by atoms with E-state index in [4.69, 9.17) is 4.74 Å². The average molecular weight is 278 g/mol. The maximum absolute atomic E-state index is 14.1. The number of halogens is 1. The van der Waals surface area contributed by atoms with E-state index in [9.17, 15) is 4.39 Å². The Labute approximate surface area is 115 Å². The predicted octanol–water partition coefficient (Wildman–Crippen LogP) is 3.11. The first-order valence-corrected chi connectivity index (χ1v) is 7.23. The normalized spacial score (nSPS) is 14.6. The van der Waals surface area contributed by atoms with Crippen molar-refractivity contribution in [3.63, 3.8) is 0 Å². The van der Waals surface area contributed by atoms with Crippen LogP contribution in [0.3, 0.4) is 0 Å². The third kappa shape index (κ3) is 3.30. The molecule has 5 heteroatoms. The summed E-state index contributed by atoms with van der Waals surface area (Å²) >= 11 is 1.59. The first kappa shape index (κ1) is 12.6. The van der Waals surface area contributed by atoms with Gasteiger partial charge in [0.15, 0.2) is 5.82 Å². The standard InChI is InChI=1S/C14H15FN2OS/c15-13-10(8-17-11-3-4-11)5-6-16-14(13)18-9-12-2-1-7-19-12/h1-2,5-7,11,17H,3-4,8-9H2. The van der Waals surface area contributed by atoms with Crippen LogP contribution in [0.4, 0.5) is 4.39 Å². The Kier molecular flexibility index (Phi) is 3.75. The number of pyridine rings is 1. The zero-order valence-corrected chi connectivity index (χ0v) is 11.3. The maximum Gasteiger partial charge on any atom is 0.251 e. The van der Waals surface area contributed by atoms with Crippen LogP contribution in [0, 0.1) is 5.82 Å². The van der Waals surface area contributed by atoms with Crippen LogP contribution < -0.4 is 10.1 Å². The van der Waals surface area contributed by atoms with Gasteiger partial charge in [-0.3, -0.25) is 0 Å². The Balaban J connectivity index is 1.64. The van der Waals surface area contributed by atoms with Crippen LogP contribution in [0.2, 0.25) is 0 Å². The number of nitrogens with zero attached hydrogens (tertiary/aromatic N) is 1. The molecule has 1 fully saturated rings. The van der Waals surface area contributed by atoms with E-state index in [-0.39, 0.29) is 11.7 Å². The van der Waals surface area contributed by atoms with Gasteiger partial charge < -0.3 is 10.1 Å². The van der Waals surface area contributed by atoms with Crippen LogP contribution in [0.15, 0.2) is 29.8 Å². The van der Waals surface area contributed by atoms with Crippen molar-refractivity contribution in [3.05, 3.63) is 46.0 Å². The van der Waals surface area contributed by atoms with Crippen LogP contribution in [0.5, 0.6) is 5.88 Å². The van der Waals surface area contributed by atoms with E-state index in [1.54, 1.807) is 23.6 Å². The second-order valence-electron chi connectivity index (χ2n) is 4.61. The van der Waals surface area contributed by atoms with E-state index in [0.717, 1.165) is 4.88 Å². The SMILES string of the molecule is Fc1c(CNC2CC2)ccnc1OCc1cccs1. The van der Waals surface area contributed by atoms with Gasteiger partial charge in [0.05, 0.1) is 0 Å².